The number of aromatic nitrogens is 2. The van der Waals surface area contributed by atoms with Crippen molar-refractivity contribution in [3.8, 4) is 0 Å². The number of carboxylic acids is 1. The number of hydrogen-bond acceptors (Lipinski definition) is 4. The molecule has 1 aromatic heterocycles. The largest absolute Gasteiger partial charge is 0.476 e. The predicted octanol–water partition coefficient (Wildman–Crippen LogP) is 0.0702. The molecular formula is C11H15N3O4. The second-order valence-corrected chi connectivity index (χ2v) is 4.25. The van der Waals surface area contributed by atoms with Gasteiger partial charge in [-0.2, -0.15) is 5.10 Å². The normalized spacial score (nSPS) is 15.5. The Labute approximate surface area is 104 Å². The average molecular weight is 253 g/mol. The summed E-state index contributed by atoms with van der Waals surface area (Å²) in [7, 11) is 1.56. The molecule has 0 aromatic carbocycles. The highest BCUT2D eigenvalue weighted by atomic mass is 16.5. The summed E-state index contributed by atoms with van der Waals surface area (Å²) in [6.07, 6.45) is 0.382. The van der Waals surface area contributed by atoms with E-state index in [4.69, 9.17) is 9.84 Å². The van der Waals surface area contributed by atoms with Crippen LogP contribution in [0.4, 0.5) is 0 Å². The molecule has 7 nitrogen and oxygen atoms in total. The highest BCUT2D eigenvalue weighted by Gasteiger charge is 2.32. The van der Waals surface area contributed by atoms with Crippen LogP contribution in [0.25, 0.3) is 0 Å². The maximum atomic E-state index is 11.6. The minimum absolute atomic E-state index is 0.00848. The fourth-order valence-corrected chi connectivity index (χ4v) is 1.88. The first-order chi connectivity index (χ1) is 8.61. The molecule has 18 heavy (non-hydrogen) atoms. The van der Waals surface area contributed by atoms with Crippen molar-refractivity contribution in [1.29, 1.82) is 0 Å². The number of nitrogens with zero attached hydrogens (tertiary/aromatic N) is 2. The highest BCUT2D eigenvalue weighted by molar-refractivity contribution is 5.85. The van der Waals surface area contributed by atoms with Crippen molar-refractivity contribution in [3.63, 3.8) is 0 Å². The molecule has 1 aromatic rings. The van der Waals surface area contributed by atoms with Gasteiger partial charge >= 0.3 is 5.97 Å². The van der Waals surface area contributed by atoms with Crippen LogP contribution in [0.15, 0.2) is 6.07 Å². The van der Waals surface area contributed by atoms with E-state index in [9.17, 15) is 9.59 Å². The van der Waals surface area contributed by atoms with E-state index in [0.29, 0.717) is 26.1 Å². The third kappa shape index (κ3) is 2.51. The SMILES string of the molecule is COCCC(=O)N1CC(c2cc(C(=O)O)n[nH]2)C1. The molecule has 1 aliphatic heterocycles. The maximum Gasteiger partial charge on any atom is 0.356 e. The first-order valence-electron chi connectivity index (χ1n) is 5.67. The lowest BCUT2D eigenvalue weighted by molar-refractivity contribution is -0.136. The smallest absolute Gasteiger partial charge is 0.356 e. The first-order valence-corrected chi connectivity index (χ1v) is 5.67. The number of aromatic carboxylic acids is 1. The summed E-state index contributed by atoms with van der Waals surface area (Å²) in [5.41, 5.74) is 0.775. The van der Waals surface area contributed by atoms with E-state index in [-0.39, 0.29) is 17.5 Å². The molecule has 0 bridgehead atoms. The Bertz CT molecular complexity index is 451. The van der Waals surface area contributed by atoms with E-state index in [2.05, 4.69) is 10.2 Å². The van der Waals surface area contributed by atoms with Gasteiger partial charge in [-0.1, -0.05) is 0 Å². The number of methoxy groups -OCH3 is 1. The van der Waals surface area contributed by atoms with Crippen molar-refractivity contribution >= 4 is 11.9 Å². The second kappa shape index (κ2) is 5.18. The molecular weight excluding hydrogens is 238 g/mol. The van der Waals surface area contributed by atoms with E-state index in [1.807, 2.05) is 0 Å². The standard InChI is InChI=1S/C11H15N3O4/c1-18-3-2-10(15)14-5-7(6-14)8-4-9(11(16)17)13-12-8/h4,7H,2-3,5-6H2,1H3,(H,12,13)(H,16,17). The molecule has 98 valence electrons. The molecule has 0 atom stereocenters. The summed E-state index contributed by atoms with van der Waals surface area (Å²) in [6.45, 7) is 1.63. The van der Waals surface area contributed by atoms with E-state index in [1.54, 1.807) is 12.0 Å². The quantitative estimate of drug-likeness (QED) is 0.774. The van der Waals surface area contributed by atoms with Crippen LogP contribution >= 0.6 is 0 Å². The first kappa shape index (κ1) is 12.6. The van der Waals surface area contributed by atoms with Crippen LogP contribution in [0.3, 0.4) is 0 Å². The van der Waals surface area contributed by atoms with E-state index < -0.39 is 5.97 Å². The number of rotatable bonds is 5. The van der Waals surface area contributed by atoms with Crippen molar-refractivity contribution in [1.82, 2.24) is 15.1 Å². The lowest BCUT2D eigenvalue weighted by atomic mass is 9.96. The molecule has 0 saturated carbocycles. The molecule has 2 heterocycles. The zero-order valence-electron chi connectivity index (χ0n) is 10.0. The van der Waals surface area contributed by atoms with Gasteiger partial charge in [0.05, 0.1) is 13.0 Å². The molecule has 1 fully saturated rings. The third-order valence-corrected chi connectivity index (χ3v) is 3.01. The van der Waals surface area contributed by atoms with Gasteiger partial charge in [0.15, 0.2) is 5.69 Å². The number of likely N-dealkylation sites (tertiary alicyclic amines) is 1. The Hall–Kier alpha value is -1.89. The molecule has 1 saturated heterocycles. The number of carboxylic acid groups (broad SMARTS) is 1. The lowest BCUT2D eigenvalue weighted by Crippen LogP contribution is -2.48. The molecule has 7 heteroatoms. The number of hydrogen-bond donors (Lipinski definition) is 2. The third-order valence-electron chi connectivity index (χ3n) is 3.01. The van der Waals surface area contributed by atoms with Crippen molar-refractivity contribution in [2.45, 2.75) is 12.3 Å². The zero-order valence-corrected chi connectivity index (χ0v) is 10.0. The van der Waals surface area contributed by atoms with Gasteiger partial charge in [-0.3, -0.25) is 9.89 Å². The lowest BCUT2D eigenvalue weighted by Gasteiger charge is -2.38. The van der Waals surface area contributed by atoms with Crippen molar-refractivity contribution in [2.24, 2.45) is 0 Å². The number of H-pyrrole nitrogens is 1. The number of carbonyl (C=O) groups is 2. The topological polar surface area (TPSA) is 95.5 Å². The van der Waals surface area contributed by atoms with Gasteiger partial charge < -0.3 is 14.7 Å². The molecule has 2 rings (SSSR count). The summed E-state index contributed by atoms with van der Waals surface area (Å²) >= 11 is 0. The summed E-state index contributed by atoms with van der Waals surface area (Å²) in [5.74, 6) is -0.840. The van der Waals surface area contributed by atoms with Gasteiger partial charge in [-0.15, -0.1) is 0 Å². The van der Waals surface area contributed by atoms with Gasteiger partial charge in [-0.25, -0.2) is 4.79 Å². The van der Waals surface area contributed by atoms with Gasteiger partial charge in [0, 0.05) is 31.8 Å². The van der Waals surface area contributed by atoms with Crippen LogP contribution in [-0.4, -0.2) is 58.9 Å². The van der Waals surface area contributed by atoms with Crippen molar-refractivity contribution < 1.29 is 19.4 Å². The second-order valence-electron chi connectivity index (χ2n) is 4.25. The molecule has 0 unspecified atom stereocenters. The molecule has 0 aliphatic carbocycles. The molecule has 0 spiro atoms. The molecule has 0 radical (unpaired) electrons. The Morgan fingerprint density at radius 2 is 2.33 bits per heavy atom. The summed E-state index contributed by atoms with van der Waals surface area (Å²) in [5, 5.41) is 15.1. The summed E-state index contributed by atoms with van der Waals surface area (Å²) in [6, 6.07) is 1.52. The van der Waals surface area contributed by atoms with Gasteiger partial charge in [0.2, 0.25) is 5.91 Å². The number of nitrogens with one attached hydrogen (secondary N) is 1. The Kier molecular flexibility index (Phi) is 3.61. The Morgan fingerprint density at radius 3 is 2.89 bits per heavy atom. The highest BCUT2D eigenvalue weighted by Crippen LogP contribution is 2.26. The minimum atomic E-state index is -1.05. The summed E-state index contributed by atoms with van der Waals surface area (Å²) in [4.78, 5) is 24.0. The van der Waals surface area contributed by atoms with Crippen molar-refractivity contribution in [2.75, 3.05) is 26.8 Å². The Balaban J connectivity index is 1.84. The fraction of sp³-hybridized carbons (Fsp3) is 0.545. The predicted molar refractivity (Wildman–Crippen MR) is 61.4 cm³/mol. The Morgan fingerprint density at radius 1 is 1.61 bits per heavy atom. The van der Waals surface area contributed by atoms with E-state index in [0.717, 1.165) is 5.69 Å². The number of amides is 1. The fourth-order valence-electron chi connectivity index (χ4n) is 1.88. The molecule has 1 aliphatic rings. The zero-order chi connectivity index (χ0) is 13.1. The average Bonchev–Trinajstić information content (AvgIpc) is 2.73. The van der Waals surface area contributed by atoms with Crippen LogP contribution in [0.1, 0.15) is 28.5 Å². The number of aromatic amines is 1. The minimum Gasteiger partial charge on any atom is -0.476 e. The molecule has 2 N–H and O–H groups in total. The van der Waals surface area contributed by atoms with Crippen LogP contribution in [-0.2, 0) is 9.53 Å². The van der Waals surface area contributed by atoms with Crippen LogP contribution in [0.2, 0.25) is 0 Å². The van der Waals surface area contributed by atoms with E-state index in [1.165, 1.54) is 6.07 Å². The van der Waals surface area contributed by atoms with Crippen LogP contribution in [0.5, 0.6) is 0 Å². The number of ether oxygens (including phenoxy) is 1. The van der Waals surface area contributed by atoms with Crippen LogP contribution < -0.4 is 0 Å². The summed E-state index contributed by atoms with van der Waals surface area (Å²) < 4.78 is 4.84. The molecule has 1 amide bonds. The van der Waals surface area contributed by atoms with Gasteiger partial charge in [0.1, 0.15) is 0 Å². The van der Waals surface area contributed by atoms with Crippen LogP contribution in [0, 0.1) is 0 Å². The monoisotopic (exact) mass is 253 g/mol. The van der Waals surface area contributed by atoms with Gasteiger partial charge in [0.25, 0.3) is 0 Å². The maximum absolute atomic E-state index is 11.6. The number of carbonyl (C=O) groups excluding carboxylic acids is 1. The van der Waals surface area contributed by atoms with Crippen molar-refractivity contribution in [3.05, 3.63) is 17.5 Å². The van der Waals surface area contributed by atoms with Gasteiger partial charge in [-0.05, 0) is 6.07 Å². The van der Waals surface area contributed by atoms with E-state index >= 15 is 0 Å².